The minimum atomic E-state index is -0.637. The molecule has 0 aromatic heterocycles. The van der Waals surface area contributed by atoms with Crippen molar-refractivity contribution < 1.29 is 9.90 Å². The van der Waals surface area contributed by atoms with Crippen LogP contribution < -0.4 is 4.90 Å². The molecule has 0 aliphatic heterocycles. The third-order valence-corrected chi connectivity index (χ3v) is 8.72. The number of allylic oxidation sites excluding steroid dienone is 6. The molecule has 5 atom stereocenters. The molecule has 0 heterocycles. The van der Waals surface area contributed by atoms with Crippen molar-refractivity contribution in [2.24, 2.45) is 17.3 Å². The molecule has 0 saturated heterocycles. The van der Waals surface area contributed by atoms with Crippen LogP contribution in [0.3, 0.4) is 0 Å². The molecule has 3 nitrogen and oxygen atoms in total. The van der Waals surface area contributed by atoms with Crippen molar-refractivity contribution in [3.05, 3.63) is 64.8 Å². The summed E-state index contributed by atoms with van der Waals surface area (Å²) in [4.78, 5) is 14.2. The monoisotopic (exact) mass is 403 g/mol. The molecule has 5 unspecified atom stereocenters. The summed E-state index contributed by atoms with van der Waals surface area (Å²) >= 11 is 0. The number of hydrogen-bond acceptors (Lipinski definition) is 3. The summed E-state index contributed by atoms with van der Waals surface area (Å²) in [6.07, 6.45) is 10.8. The van der Waals surface area contributed by atoms with E-state index in [0.29, 0.717) is 18.3 Å². The molecule has 3 heteroatoms. The Morgan fingerprint density at radius 1 is 1.10 bits per heavy atom. The largest absolute Gasteiger partial charge is 0.390 e. The molecule has 2 fully saturated rings. The number of fused-ring (bicyclic) bond motifs is 4. The summed E-state index contributed by atoms with van der Waals surface area (Å²) in [5, 5.41) is 11.4. The van der Waals surface area contributed by atoms with Crippen LogP contribution in [0.1, 0.15) is 57.4 Å². The minimum Gasteiger partial charge on any atom is -0.390 e. The lowest BCUT2D eigenvalue weighted by Gasteiger charge is -2.53. The van der Waals surface area contributed by atoms with Gasteiger partial charge in [0.2, 0.25) is 0 Å². The lowest BCUT2D eigenvalue weighted by molar-refractivity contribution is -0.114. The van der Waals surface area contributed by atoms with Crippen LogP contribution in [-0.4, -0.2) is 30.6 Å². The fourth-order valence-corrected chi connectivity index (χ4v) is 6.71. The van der Waals surface area contributed by atoms with Crippen LogP contribution in [-0.2, 0) is 4.79 Å². The standard InChI is InChI=1S/C27H33NO2/c1-26-16-23(17-5-8-19(9-6-17)28(3)4)25-21-12-10-20(29)15-18(21)7-11-22(25)24(26)13-14-27(26,2)30/h5-9,11,15,22-24,30H,10,12-14,16H2,1-4H3. The maximum Gasteiger partial charge on any atom is 0.156 e. The van der Waals surface area contributed by atoms with Gasteiger partial charge in [-0.3, -0.25) is 4.79 Å². The van der Waals surface area contributed by atoms with Crippen molar-refractivity contribution in [2.75, 3.05) is 19.0 Å². The Morgan fingerprint density at radius 3 is 2.53 bits per heavy atom. The quantitative estimate of drug-likeness (QED) is 0.740. The first kappa shape index (κ1) is 19.8. The van der Waals surface area contributed by atoms with Gasteiger partial charge in [0.15, 0.2) is 5.78 Å². The van der Waals surface area contributed by atoms with E-state index in [9.17, 15) is 9.90 Å². The molecule has 1 N–H and O–H groups in total. The Morgan fingerprint density at radius 2 is 1.83 bits per heavy atom. The SMILES string of the molecule is CN(C)c1ccc(C2CC3(C)C(CCC3(C)O)C3C=CC4=CC(=O)CCC4=C23)cc1. The molecule has 0 radical (unpaired) electrons. The highest BCUT2D eigenvalue weighted by molar-refractivity contribution is 5.93. The van der Waals surface area contributed by atoms with Crippen LogP contribution in [0.2, 0.25) is 0 Å². The average Bonchev–Trinajstić information content (AvgIpc) is 2.96. The van der Waals surface area contributed by atoms with E-state index < -0.39 is 5.60 Å². The fraction of sp³-hybridized carbons (Fsp3) is 0.519. The molecule has 4 aliphatic rings. The van der Waals surface area contributed by atoms with E-state index in [4.69, 9.17) is 0 Å². The van der Waals surface area contributed by atoms with Gasteiger partial charge in [0.25, 0.3) is 0 Å². The molecule has 158 valence electrons. The minimum absolute atomic E-state index is 0.108. The Labute approximate surface area is 180 Å². The van der Waals surface area contributed by atoms with Crippen molar-refractivity contribution in [3.63, 3.8) is 0 Å². The number of carbonyl (C=O) groups is 1. The van der Waals surface area contributed by atoms with Crippen molar-refractivity contribution >= 4 is 11.5 Å². The van der Waals surface area contributed by atoms with E-state index in [-0.39, 0.29) is 17.1 Å². The van der Waals surface area contributed by atoms with Crippen LogP contribution in [0.4, 0.5) is 5.69 Å². The normalized spacial score (nSPS) is 37.4. The van der Waals surface area contributed by atoms with E-state index in [1.807, 2.05) is 6.08 Å². The zero-order chi connectivity index (χ0) is 21.3. The molecule has 0 spiro atoms. The van der Waals surface area contributed by atoms with Gasteiger partial charge in [-0.1, -0.05) is 36.8 Å². The van der Waals surface area contributed by atoms with Gasteiger partial charge in [0, 0.05) is 43.5 Å². The lowest BCUT2D eigenvalue weighted by atomic mass is 9.52. The summed E-state index contributed by atoms with van der Waals surface area (Å²) in [5.74, 6) is 1.35. The number of anilines is 1. The zero-order valence-electron chi connectivity index (χ0n) is 18.6. The first-order valence-corrected chi connectivity index (χ1v) is 11.4. The second-order valence-corrected chi connectivity index (χ2v) is 10.5. The molecule has 0 amide bonds. The molecule has 1 aromatic rings. The van der Waals surface area contributed by atoms with Crippen LogP contribution >= 0.6 is 0 Å². The van der Waals surface area contributed by atoms with Crippen molar-refractivity contribution in [2.45, 2.75) is 57.5 Å². The molecule has 0 bridgehead atoms. The highest BCUT2D eigenvalue weighted by Crippen LogP contribution is 2.65. The summed E-state index contributed by atoms with van der Waals surface area (Å²) in [6, 6.07) is 8.95. The lowest BCUT2D eigenvalue weighted by Crippen LogP contribution is -2.49. The third-order valence-electron chi connectivity index (χ3n) is 8.72. The number of rotatable bonds is 2. The second-order valence-electron chi connectivity index (χ2n) is 10.5. The zero-order valence-corrected chi connectivity index (χ0v) is 18.6. The van der Waals surface area contributed by atoms with Crippen LogP contribution in [0.5, 0.6) is 0 Å². The second kappa shape index (κ2) is 6.68. The van der Waals surface area contributed by atoms with E-state index in [1.165, 1.54) is 22.4 Å². The molecule has 2 saturated carbocycles. The average molecular weight is 404 g/mol. The van der Waals surface area contributed by atoms with Crippen LogP contribution in [0, 0.1) is 17.3 Å². The number of benzene rings is 1. The third kappa shape index (κ3) is 2.78. The fourth-order valence-electron chi connectivity index (χ4n) is 6.71. The molecule has 30 heavy (non-hydrogen) atoms. The van der Waals surface area contributed by atoms with E-state index in [1.54, 1.807) is 0 Å². The van der Waals surface area contributed by atoms with E-state index in [0.717, 1.165) is 31.3 Å². The number of nitrogens with zero attached hydrogens (tertiary/aromatic N) is 1. The van der Waals surface area contributed by atoms with Gasteiger partial charge < -0.3 is 10.0 Å². The number of hydrogen-bond donors (Lipinski definition) is 1. The highest BCUT2D eigenvalue weighted by atomic mass is 16.3. The van der Waals surface area contributed by atoms with Gasteiger partial charge in [0.1, 0.15) is 0 Å². The maximum absolute atomic E-state index is 12.1. The molecule has 4 aliphatic carbocycles. The topological polar surface area (TPSA) is 40.5 Å². The summed E-state index contributed by atoms with van der Waals surface area (Å²) < 4.78 is 0. The highest BCUT2D eigenvalue weighted by Gasteiger charge is 2.60. The summed E-state index contributed by atoms with van der Waals surface area (Å²) in [5.41, 5.74) is 5.84. The van der Waals surface area contributed by atoms with Crippen molar-refractivity contribution in [1.82, 2.24) is 0 Å². The van der Waals surface area contributed by atoms with Gasteiger partial charge >= 0.3 is 0 Å². The number of carbonyl (C=O) groups excluding carboxylic acids is 1. The van der Waals surface area contributed by atoms with Gasteiger partial charge in [-0.05, 0) is 73.4 Å². The summed E-state index contributed by atoms with van der Waals surface area (Å²) in [6.45, 7) is 4.37. The Hall–Kier alpha value is -2.13. The number of ketones is 1. The Balaban J connectivity index is 1.66. The Bertz CT molecular complexity index is 979. The predicted octanol–water partition coefficient (Wildman–Crippen LogP) is 5.18. The molecule has 1 aromatic carbocycles. The van der Waals surface area contributed by atoms with Gasteiger partial charge in [0.05, 0.1) is 5.60 Å². The molecule has 5 rings (SSSR count). The maximum atomic E-state index is 12.1. The van der Waals surface area contributed by atoms with Gasteiger partial charge in [-0.2, -0.15) is 0 Å². The van der Waals surface area contributed by atoms with Crippen LogP contribution in [0.25, 0.3) is 0 Å². The van der Waals surface area contributed by atoms with Gasteiger partial charge in [-0.15, -0.1) is 0 Å². The molecular weight excluding hydrogens is 370 g/mol. The van der Waals surface area contributed by atoms with E-state index in [2.05, 4.69) is 69.3 Å². The van der Waals surface area contributed by atoms with Crippen molar-refractivity contribution in [3.8, 4) is 0 Å². The summed E-state index contributed by atoms with van der Waals surface area (Å²) in [7, 11) is 4.14. The molecular formula is C27H33NO2. The Kier molecular flexibility index (Phi) is 4.41. The smallest absolute Gasteiger partial charge is 0.156 e. The van der Waals surface area contributed by atoms with Gasteiger partial charge in [-0.25, -0.2) is 0 Å². The number of aliphatic hydroxyl groups is 1. The predicted molar refractivity (Wildman–Crippen MR) is 122 cm³/mol. The van der Waals surface area contributed by atoms with E-state index >= 15 is 0 Å². The van der Waals surface area contributed by atoms with Crippen LogP contribution in [0.15, 0.2) is 59.2 Å². The van der Waals surface area contributed by atoms with Crippen molar-refractivity contribution in [1.29, 1.82) is 0 Å². The first-order chi connectivity index (χ1) is 14.2. The first-order valence-electron chi connectivity index (χ1n) is 11.4.